The minimum atomic E-state index is -1.12. The molecule has 4 atom stereocenters. The second kappa shape index (κ2) is 5.95. The predicted octanol–water partition coefficient (Wildman–Crippen LogP) is -4.55. The highest BCUT2D eigenvalue weighted by molar-refractivity contribution is 4.88. The van der Waals surface area contributed by atoms with Gasteiger partial charge in [-0.15, -0.1) is 0 Å². The van der Waals surface area contributed by atoms with Gasteiger partial charge >= 0.3 is 0 Å². The van der Waals surface area contributed by atoms with Crippen molar-refractivity contribution in [1.82, 2.24) is 0 Å². The van der Waals surface area contributed by atoms with Gasteiger partial charge in [-0.25, -0.2) is 0 Å². The van der Waals surface area contributed by atoms with Gasteiger partial charge in [0.1, 0.15) is 30.9 Å². The van der Waals surface area contributed by atoms with E-state index in [9.17, 15) is 20.4 Å². The summed E-state index contributed by atoms with van der Waals surface area (Å²) in [5, 5.41) is 38.8. The molecule has 0 aromatic carbocycles. The third-order valence-corrected chi connectivity index (χ3v) is 4.29. The number of hydrogen-bond donors (Lipinski definition) is 4. The largest absolute Gasteiger partial charge is 1.00 e. The van der Waals surface area contributed by atoms with Crippen LogP contribution in [0.5, 0.6) is 0 Å². The highest BCUT2D eigenvalue weighted by atomic mass is 79.9. The van der Waals surface area contributed by atoms with E-state index in [0.717, 1.165) is 25.9 Å². The van der Waals surface area contributed by atoms with Crippen LogP contribution >= 0.6 is 0 Å². The van der Waals surface area contributed by atoms with Crippen molar-refractivity contribution in [3.63, 3.8) is 0 Å². The minimum absolute atomic E-state index is 0. The molecule has 6 heteroatoms. The van der Waals surface area contributed by atoms with Gasteiger partial charge in [0.05, 0.1) is 19.7 Å². The fourth-order valence-corrected chi connectivity index (χ4v) is 3.33. The van der Waals surface area contributed by atoms with Gasteiger partial charge in [-0.3, -0.25) is 0 Å². The van der Waals surface area contributed by atoms with Gasteiger partial charge < -0.3 is 41.9 Å². The Balaban J connectivity index is 0.00000144. The van der Waals surface area contributed by atoms with Crippen LogP contribution in [-0.2, 0) is 0 Å². The lowest BCUT2D eigenvalue weighted by Gasteiger charge is -2.53. The molecule has 2 aliphatic heterocycles. The van der Waals surface area contributed by atoms with Crippen LogP contribution < -0.4 is 17.0 Å². The Labute approximate surface area is 112 Å². The first-order valence-corrected chi connectivity index (χ1v) is 6.11. The molecule has 5 nitrogen and oxygen atoms in total. The summed E-state index contributed by atoms with van der Waals surface area (Å²) in [5.74, 6) is 0. The molecule has 0 unspecified atom stereocenters. The molecule has 2 rings (SSSR count). The molecular formula is C11H22BrNO4. The smallest absolute Gasteiger partial charge is 0.141 e. The van der Waals surface area contributed by atoms with E-state index in [1.165, 1.54) is 6.42 Å². The van der Waals surface area contributed by atoms with Crippen LogP contribution in [0.4, 0.5) is 0 Å². The van der Waals surface area contributed by atoms with Gasteiger partial charge in [0.2, 0.25) is 0 Å². The fraction of sp³-hybridized carbons (Fsp3) is 1.00. The summed E-state index contributed by atoms with van der Waals surface area (Å²) >= 11 is 0. The van der Waals surface area contributed by atoms with E-state index in [-0.39, 0.29) is 29.6 Å². The number of nitrogens with zero attached hydrogens (tertiary/aromatic N) is 1. The number of halogens is 1. The normalized spacial score (nSPS) is 40.9. The van der Waals surface area contributed by atoms with Crippen LogP contribution in [-0.4, -0.2) is 75.5 Å². The second-order valence-electron chi connectivity index (χ2n) is 5.21. The zero-order chi connectivity index (χ0) is 11.8. The van der Waals surface area contributed by atoms with E-state index in [4.69, 9.17) is 0 Å². The summed E-state index contributed by atoms with van der Waals surface area (Å²) in [6.45, 7) is 2.08. The Kier molecular flexibility index (Phi) is 5.37. The molecule has 0 radical (unpaired) electrons. The van der Waals surface area contributed by atoms with Crippen LogP contribution in [0, 0.1) is 0 Å². The summed E-state index contributed by atoms with van der Waals surface area (Å²) in [5.41, 5.74) is 0. The van der Waals surface area contributed by atoms with E-state index in [1.54, 1.807) is 0 Å². The van der Waals surface area contributed by atoms with Crippen molar-refractivity contribution in [2.24, 2.45) is 0 Å². The predicted molar refractivity (Wildman–Crippen MR) is 57.6 cm³/mol. The van der Waals surface area contributed by atoms with E-state index in [1.807, 2.05) is 0 Å². The van der Waals surface area contributed by atoms with Crippen LogP contribution in [0.15, 0.2) is 0 Å². The maximum atomic E-state index is 9.94. The Morgan fingerprint density at radius 2 is 1.53 bits per heavy atom. The van der Waals surface area contributed by atoms with Gasteiger partial charge in [-0.2, -0.15) is 0 Å². The average molecular weight is 312 g/mol. The highest BCUT2D eigenvalue weighted by Gasteiger charge is 2.52. The van der Waals surface area contributed by atoms with Gasteiger partial charge in [-0.1, -0.05) is 0 Å². The van der Waals surface area contributed by atoms with E-state index < -0.39 is 18.3 Å². The van der Waals surface area contributed by atoms with Crippen molar-refractivity contribution in [2.45, 2.75) is 43.6 Å². The SMILES string of the molecule is OC[C@@H]1[C@@H](O)[C@H](O)[C@@H](O)C[N+]12CCCCC2.[Br-]. The van der Waals surface area contributed by atoms with E-state index in [2.05, 4.69) is 0 Å². The summed E-state index contributed by atoms with van der Waals surface area (Å²) in [6.07, 6.45) is 0.274. The van der Waals surface area contributed by atoms with E-state index in [0.29, 0.717) is 11.0 Å². The van der Waals surface area contributed by atoms with Crippen LogP contribution in [0.3, 0.4) is 0 Å². The number of hydrogen-bond acceptors (Lipinski definition) is 4. The third-order valence-electron chi connectivity index (χ3n) is 4.29. The Hall–Kier alpha value is 0.280. The molecule has 0 aromatic heterocycles. The molecule has 0 aromatic rings. The molecule has 4 N–H and O–H groups in total. The molecule has 2 saturated heterocycles. The third kappa shape index (κ3) is 2.67. The molecule has 1 spiro atoms. The van der Waals surface area contributed by atoms with Crippen molar-refractivity contribution < 1.29 is 41.9 Å². The van der Waals surface area contributed by atoms with Crippen LogP contribution in [0.1, 0.15) is 19.3 Å². The molecule has 2 fully saturated rings. The van der Waals surface area contributed by atoms with Crippen LogP contribution in [0.2, 0.25) is 0 Å². The van der Waals surface area contributed by atoms with Gasteiger partial charge in [-0.05, 0) is 19.3 Å². The fourth-order valence-electron chi connectivity index (χ4n) is 3.33. The lowest BCUT2D eigenvalue weighted by Crippen LogP contribution is -3.00. The molecule has 0 amide bonds. The zero-order valence-electron chi connectivity index (χ0n) is 9.87. The van der Waals surface area contributed by atoms with Crippen molar-refractivity contribution in [1.29, 1.82) is 0 Å². The topological polar surface area (TPSA) is 80.9 Å². The molecule has 0 aliphatic carbocycles. The second-order valence-corrected chi connectivity index (χ2v) is 5.21. The molecule has 17 heavy (non-hydrogen) atoms. The molecule has 0 saturated carbocycles. The molecule has 0 bridgehead atoms. The standard InChI is InChI=1S/C11H22NO4.BrH/c13-7-8-10(15)11(16)9(14)6-12(8)4-2-1-3-5-12;/h8-11,13-16H,1-7H2;1H/q+1;/p-1/t8-,9+,10-,11-;/m1./s1. The lowest BCUT2D eigenvalue weighted by molar-refractivity contribution is -0.967. The maximum Gasteiger partial charge on any atom is 0.141 e. The average Bonchev–Trinajstić information content (AvgIpc) is 2.28. The monoisotopic (exact) mass is 311 g/mol. The highest BCUT2D eigenvalue weighted by Crippen LogP contribution is 2.31. The summed E-state index contributed by atoms with van der Waals surface area (Å²) < 4.78 is 0.565. The number of quaternary nitrogens is 1. The van der Waals surface area contributed by atoms with Crippen molar-refractivity contribution in [3.8, 4) is 0 Å². The first-order valence-electron chi connectivity index (χ1n) is 6.11. The Morgan fingerprint density at radius 3 is 2.06 bits per heavy atom. The maximum absolute atomic E-state index is 9.94. The number of piperidine rings is 2. The Morgan fingerprint density at radius 1 is 0.941 bits per heavy atom. The quantitative estimate of drug-likeness (QED) is 0.368. The molecular weight excluding hydrogens is 290 g/mol. The first kappa shape index (κ1) is 15.3. The zero-order valence-corrected chi connectivity index (χ0v) is 11.5. The number of aliphatic hydroxyl groups is 4. The molecule has 2 aliphatic rings. The lowest BCUT2D eigenvalue weighted by atomic mass is 9.88. The number of rotatable bonds is 1. The number of aliphatic hydroxyl groups excluding tert-OH is 4. The minimum Gasteiger partial charge on any atom is -1.00 e. The van der Waals surface area contributed by atoms with Crippen molar-refractivity contribution in [2.75, 3.05) is 26.2 Å². The molecule has 2 heterocycles. The molecule has 102 valence electrons. The van der Waals surface area contributed by atoms with Gasteiger partial charge in [0, 0.05) is 0 Å². The summed E-state index contributed by atoms with van der Waals surface area (Å²) in [4.78, 5) is 0. The van der Waals surface area contributed by atoms with Gasteiger partial charge in [0.25, 0.3) is 0 Å². The summed E-state index contributed by atoms with van der Waals surface area (Å²) in [7, 11) is 0. The van der Waals surface area contributed by atoms with Crippen molar-refractivity contribution in [3.05, 3.63) is 0 Å². The Bertz CT molecular complexity index is 248. The first-order chi connectivity index (χ1) is 7.60. The van der Waals surface area contributed by atoms with Crippen molar-refractivity contribution >= 4 is 0 Å². The van der Waals surface area contributed by atoms with Gasteiger partial charge in [0.15, 0.2) is 0 Å². The van der Waals surface area contributed by atoms with Crippen LogP contribution in [0.25, 0.3) is 0 Å². The summed E-state index contributed by atoms with van der Waals surface area (Å²) in [6, 6.07) is -0.348. The van der Waals surface area contributed by atoms with E-state index >= 15 is 0 Å².